The molecule has 0 bridgehead atoms. The zero-order valence-electron chi connectivity index (χ0n) is 9.63. The van der Waals surface area contributed by atoms with Gasteiger partial charge >= 0.3 is 5.97 Å². The lowest BCUT2D eigenvalue weighted by Gasteiger charge is -2.20. The zero-order valence-corrected chi connectivity index (χ0v) is 9.63. The van der Waals surface area contributed by atoms with E-state index in [-0.39, 0.29) is 5.82 Å². The summed E-state index contributed by atoms with van der Waals surface area (Å²) in [6.45, 7) is 1.17. The number of hydrogen-bond acceptors (Lipinski definition) is 3. The summed E-state index contributed by atoms with van der Waals surface area (Å²) in [4.78, 5) is 11.6. The van der Waals surface area contributed by atoms with Crippen LogP contribution in [0.5, 0.6) is 0 Å². The number of methoxy groups -OCH3 is 1. The fourth-order valence-electron chi connectivity index (χ4n) is 2.01. The van der Waals surface area contributed by atoms with Crippen molar-refractivity contribution in [3.8, 4) is 0 Å². The highest BCUT2D eigenvalue weighted by Gasteiger charge is 2.21. The van der Waals surface area contributed by atoms with Crippen LogP contribution in [0.15, 0.2) is 29.8 Å². The van der Waals surface area contributed by atoms with Crippen molar-refractivity contribution in [3.05, 3.63) is 41.2 Å². The highest BCUT2D eigenvalue weighted by Crippen LogP contribution is 2.27. The van der Waals surface area contributed by atoms with E-state index in [0.717, 1.165) is 12.1 Å². The van der Waals surface area contributed by atoms with Gasteiger partial charge in [0.15, 0.2) is 0 Å². The average Bonchev–Trinajstić information content (AvgIpc) is 2.38. The molecule has 1 aliphatic heterocycles. The molecule has 1 aliphatic rings. The minimum atomic E-state index is -0.393. The molecule has 3 nitrogen and oxygen atoms in total. The monoisotopic (exact) mass is 235 g/mol. The number of carbonyl (C=O) groups is 1. The van der Waals surface area contributed by atoms with Gasteiger partial charge in [0.1, 0.15) is 5.82 Å². The molecule has 0 saturated heterocycles. The summed E-state index contributed by atoms with van der Waals surface area (Å²) < 4.78 is 18.4. The summed E-state index contributed by atoms with van der Waals surface area (Å²) in [7, 11) is 1.34. The summed E-state index contributed by atoms with van der Waals surface area (Å²) in [5.74, 6) is -0.693. The number of hydrogen-bond donors (Lipinski definition) is 1. The molecular formula is C13H14FNO2. The Morgan fingerprint density at radius 2 is 2.18 bits per heavy atom. The predicted molar refractivity (Wildman–Crippen MR) is 62.8 cm³/mol. The number of rotatable bonds is 2. The van der Waals surface area contributed by atoms with Crippen molar-refractivity contribution >= 4 is 11.5 Å². The van der Waals surface area contributed by atoms with Gasteiger partial charge in [0.05, 0.1) is 12.7 Å². The van der Waals surface area contributed by atoms with Crippen molar-refractivity contribution in [3.63, 3.8) is 0 Å². The molecule has 17 heavy (non-hydrogen) atoms. The van der Waals surface area contributed by atoms with Crippen LogP contribution in [0.4, 0.5) is 4.39 Å². The Morgan fingerprint density at radius 3 is 2.88 bits per heavy atom. The van der Waals surface area contributed by atoms with Crippen molar-refractivity contribution < 1.29 is 13.9 Å². The maximum Gasteiger partial charge on any atom is 0.335 e. The van der Waals surface area contributed by atoms with Gasteiger partial charge < -0.3 is 10.1 Å². The molecule has 0 spiro atoms. The number of carbonyl (C=O) groups excluding carboxylic acids is 1. The van der Waals surface area contributed by atoms with Crippen LogP contribution in [-0.4, -0.2) is 26.2 Å². The minimum absolute atomic E-state index is 0.300. The van der Waals surface area contributed by atoms with Gasteiger partial charge in [-0.1, -0.05) is 18.2 Å². The van der Waals surface area contributed by atoms with Crippen LogP contribution < -0.4 is 5.32 Å². The van der Waals surface area contributed by atoms with Crippen LogP contribution in [0.25, 0.3) is 5.57 Å². The molecule has 90 valence electrons. The van der Waals surface area contributed by atoms with Crippen molar-refractivity contribution in [2.24, 2.45) is 0 Å². The lowest BCUT2D eigenvalue weighted by molar-refractivity contribution is -0.136. The molecular weight excluding hydrogens is 221 g/mol. The van der Waals surface area contributed by atoms with E-state index in [1.54, 1.807) is 18.2 Å². The SMILES string of the molecule is COC(=O)C1=C(c2ccccc2F)CCNC1. The summed E-state index contributed by atoms with van der Waals surface area (Å²) in [6.07, 6.45) is 0.630. The highest BCUT2D eigenvalue weighted by molar-refractivity contribution is 5.98. The van der Waals surface area contributed by atoms with E-state index in [9.17, 15) is 9.18 Å². The maximum atomic E-state index is 13.7. The molecule has 1 aromatic carbocycles. The number of benzene rings is 1. The molecule has 0 radical (unpaired) electrons. The van der Waals surface area contributed by atoms with E-state index in [0.29, 0.717) is 24.1 Å². The quantitative estimate of drug-likeness (QED) is 0.794. The molecule has 1 N–H and O–H groups in total. The van der Waals surface area contributed by atoms with Crippen molar-refractivity contribution in [1.29, 1.82) is 0 Å². The standard InChI is InChI=1S/C13H14FNO2/c1-17-13(16)11-8-15-7-6-9(11)10-4-2-3-5-12(10)14/h2-5,15H,6-8H2,1H3. The molecule has 4 heteroatoms. The number of halogens is 1. The van der Waals surface area contributed by atoms with E-state index >= 15 is 0 Å². The van der Waals surface area contributed by atoms with Crippen LogP contribution in [0.1, 0.15) is 12.0 Å². The van der Waals surface area contributed by atoms with Crippen molar-refractivity contribution in [2.45, 2.75) is 6.42 Å². The Hall–Kier alpha value is -1.68. The molecule has 0 saturated carbocycles. The van der Waals surface area contributed by atoms with Gasteiger partial charge in [0.25, 0.3) is 0 Å². The lowest BCUT2D eigenvalue weighted by Crippen LogP contribution is -2.29. The van der Waals surface area contributed by atoms with Gasteiger partial charge in [-0.2, -0.15) is 0 Å². The van der Waals surface area contributed by atoms with Crippen LogP contribution in [-0.2, 0) is 9.53 Å². The number of nitrogens with one attached hydrogen (secondary N) is 1. The zero-order chi connectivity index (χ0) is 12.3. The summed E-state index contributed by atoms with van der Waals surface area (Å²) in [5.41, 5.74) is 1.76. The molecule has 0 fully saturated rings. The normalized spacial score (nSPS) is 15.9. The van der Waals surface area contributed by atoms with Gasteiger partial charge in [0.2, 0.25) is 0 Å². The molecule has 1 heterocycles. The maximum absolute atomic E-state index is 13.7. The number of ether oxygens (including phenoxy) is 1. The van der Waals surface area contributed by atoms with Gasteiger partial charge in [-0.25, -0.2) is 9.18 Å². The smallest absolute Gasteiger partial charge is 0.335 e. The predicted octanol–water partition coefficient (Wildman–Crippen LogP) is 1.75. The Morgan fingerprint density at radius 1 is 1.41 bits per heavy atom. The first-order chi connectivity index (χ1) is 8.24. The second-order valence-corrected chi connectivity index (χ2v) is 3.86. The van der Waals surface area contributed by atoms with Crippen molar-refractivity contribution in [1.82, 2.24) is 5.32 Å². The minimum Gasteiger partial charge on any atom is -0.466 e. The Kier molecular flexibility index (Phi) is 3.54. The molecule has 0 aliphatic carbocycles. The van der Waals surface area contributed by atoms with E-state index < -0.39 is 5.97 Å². The summed E-state index contributed by atoms with van der Waals surface area (Å²) >= 11 is 0. The van der Waals surface area contributed by atoms with E-state index in [2.05, 4.69) is 5.32 Å². The largest absolute Gasteiger partial charge is 0.466 e. The first-order valence-electron chi connectivity index (χ1n) is 5.50. The fraction of sp³-hybridized carbons (Fsp3) is 0.308. The van der Waals surface area contributed by atoms with Crippen LogP contribution in [0.3, 0.4) is 0 Å². The third kappa shape index (κ3) is 2.36. The fourth-order valence-corrected chi connectivity index (χ4v) is 2.01. The Labute approximate surface area is 99.3 Å². The second kappa shape index (κ2) is 5.10. The Bertz CT molecular complexity index is 468. The molecule has 0 atom stereocenters. The Balaban J connectivity index is 2.49. The molecule has 0 aromatic heterocycles. The average molecular weight is 235 g/mol. The van der Waals surface area contributed by atoms with E-state index in [1.807, 2.05) is 0 Å². The van der Waals surface area contributed by atoms with Crippen LogP contribution in [0.2, 0.25) is 0 Å². The molecule has 0 amide bonds. The molecule has 1 aromatic rings. The summed E-state index contributed by atoms with van der Waals surface area (Å²) in [6, 6.07) is 6.50. The topological polar surface area (TPSA) is 38.3 Å². The molecule has 0 unspecified atom stereocenters. The van der Waals surface area contributed by atoms with Gasteiger partial charge in [-0.3, -0.25) is 0 Å². The van der Waals surface area contributed by atoms with Crippen LogP contribution >= 0.6 is 0 Å². The van der Waals surface area contributed by atoms with E-state index in [4.69, 9.17) is 4.74 Å². The second-order valence-electron chi connectivity index (χ2n) is 3.86. The van der Waals surface area contributed by atoms with Gasteiger partial charge in [-0.05, 0) is 24.6 Å². The number of esters is 1. The lowest BCUT2D eigenvalue weighted by atomic mass is 9.94. The third-order valence-corrected chi connectivity index (χ3v) is 2.85. The first-order valence-corrected chi connectivity index (χ1v) is 5.50. The van der Waals surface area contributed by atoms with Gasteiger partial charge in [-0.15, -0.1) is 0 Å². The third-order valence-electron chi connectivity index (χ3n) is 2.85. The van der Waals surface area contributed by atoms with E-state index in [1.165, 1.54) is 13.2 Å². The first kappa shape index (κ1) is 11.8. The van der Waals surface area contributed by atoms with Gasteiger partial charge in [0, 0.05) is 12.1 Å². The van der Waals surface area contributed by atoms with Crippen molar-refractivity contribution in [2.75, 3.05) is 20.2 Å². The summed E-state index contributed by atoms with van der Waals surface area (Å²) in [5, 5.41) is 3.09. The highest BCUT2D eigenvalue weighted by atomic mass is 19.1. The molecule has 2 rings (SSSR count). The van der Waals surface area contributed by atoms with Crippen LogP contribution in [0, 0.1) is 5.82 Å².